The van der Waals surface area contributed by atoms with Crippen molar-refractivity contribution in [2.45, 2.75) is 12.1 Å². The van der Waals surface area contributed by atoms with Crippen LogP contribution in [0.4, 0.5) is 4.39 Å². The van der Waals surface area contributed by atoms with Gasteiger partial charge in [-0.3, -0.25) is 0 Å². The van der Waals surface area contributed by atoms with Gasteiger partial charge in [-0.15, -0.1) is 0 Å². The standard InChI is InChI=1S/C10H11ClFN/c11-9-3-1-2-8(6-9)10(12)4-5-13-7-10/h1-3,6,13H,4-5,7H2. The fraction of sp³-hybridized carbons (Fsp3) is 0.400. The van der Waals surface area contributed by atoms with E-state index in [9.17, 15) is 4.39 Å². The summed E-state index contributed by atoms with van der Waals surface area (Å²) in [4.78, 5) is 0. The van der Waals surface area contributed by atoms with Crippen LogP contribution in [0.3, 0.4) is 0 Å². The van der Waals surface area contributed by atoms with E-state index >= 15 is 0 Å². The van der Waals surface area contributed by atoms with Crippen LogP contribution in [0.2, 0.25) is 5.02 Å². The predicted octanol–water partition coefficient (Wildman–Crippen LogP) is 2.50. The minimum atomic E-state index is -1.22. The fourth-order valence-electron chi connectivity index (χ4n) is 1.68. The van der Waals surface area contributed by atoms with Crippen molar-refractivity contribution in [1.29, 1.82) is 0 Å². The highest BCUT2D eigenvalue weighted by Crippen LogP contribution is 2.33. The average Bonchev–Trinajstić information content (AvgIpc) is 2.54. The lowest BCUT2D eigenvalue weighted by atomic mass is 9.95. The van der Waals surface area contributed by atoms with Crippen LogP contribution < -0.4 is 5.32 Å². The molecular formula is C10H11ClFN. The van der Waals surface area contributed by atoms with Crippen molar-refractivity contribution in [3.8, 4) is 0 Å². The van der Waals surface area contributed by atoms with Gasteiger partial charge in [0.25, 0.3) is 0 Å². The van der Waals surface area contributed by atoms with Gasteiger partial charge in [0.05, 0.1) is 0 Å². The molecule has 0 bridgehead atoms. The van der Waals surface area contributed by atoms with Gasteiger partial charge in [-0.05, 0) is 30.7 Å². The van der Waals surface area contributed by atoms with Gasteiger partial charge in [0.1, 0.15) is 5.67 Å². The highest BCUT2D eigenvalue weighted by molar-refractivity contribution is 6.30. The molecule has 0 aliphatic carbocycles. The smallest absolute Gasteiger partial charge is 0.149 e. The maximum absolute atomic E-state index is 14.1. The van der Waals surface area contributed by atoms with Gasteiger partial charge in [-0.25, -0.2) is 4.39 Å². The van der Waals surface area contributed by atoms with E-state index < -0.39 is 5.67 Å². The number of benzene rings is 1. The zero-order valence-electron chi connectivity index (χ0n) is 7.19. The molecule has 0 radical (unpaired) electrons. The zero-order valence-corrected chi connectivity index (χ0v) is 7.94. The zero-order chi connectivity index (χ0) is 9.31. The van der Waals surface area contributed by atoms with E-state index in [1.807, 2.05) is 0 Å². The summed E-state index contributed by atoms with van der Waals surface area (Å²) in [7, 11) is 0. The van der Waals surface area contributed by atoms with Crippen LogP contribution in [0.5, 0.6) is 0 Å². The predicted molar refractivity (Wildman–Crippen MR) is 51.7 cm³/mol. The third kappa shape index (κ3) is 1.69. The van der Waals surface area contributed by atoms with Gasteiger partial charge in [0, 0.05) is 11.6 Å². The summed E-state index contributed by atoms with van der Waals surface area (Å²) in [6, 6.07) is 7.04. The van der Waals surface area contributed by atoms with E-state index in [-0.39, 0.29) is 0 Å². The van der Waals surface area contributed by atoms with Crippen molar-refractivity contribution in [2.75, 3.05) is 13.1 Å². The number of rotatable bonds is 1. The highest BCUT2D eigenvalue weighted by Gasteiger charge is 2.35. The van der Waals surface area contributed by atoms with Crippen LogP contribution in [-0.2, 0) is 5.67 Å². The van der Waals surface area contributed by atoms with Gasteiger partial charge in [0.15, 0.2) is 0 Å². The topological polar surface area (TPSA) is 12.0 Å². The Balaban J connectivity index is 2.33. The molecule has 70 valence electrons. The Bertz CT molecular complexity index is 308. The van der Waals surface area contributed by atoms with Gasteiger partial charge in [-0.2, -0.15) is 0 Å². The molecule has 2 rings (SSSR count). The lowest BCUT2D eigenvalue weighted by Crippen LogP contribution is -2.23. The molecule has 3 heteroatoms. The molecule has 0 amide bonds. The first-order chi connectivity index (χ1) is 6.21. The first-order valence-electron chi connectivity index (χ1n) is 4.36. The summed E-state index contributed by atoms with van der Waals surface area (Å²) in [6.07, 6.45) is 0.535. The first kappa shape index (κ1) is 8.97. The molecule has 1 atom stereocenters. The largest absolute Gasteiger partial charge is 0.313 e. The van der Waals surface area contributed by atoms with E-state index in [4.69, 9.17) is 11.6 Å². The van der Waals surface area contributed by atoms with Crippen LogP contribution in [0, 0.1) is 0 Å². The molecule has 1 nitrogen and oxygen atoms in total. The maximum Gasteiger partial charge on any atom is 0.149 e. The summed E-state index contributed by atoms with van der Waals surface area (Å²) in [5.41, 5.74) is -0.532. The molecule has 1 fully saturated rings. The lowest BCUT2D eigenvalue weighted by Gasteiger charge is -2.18. The Kier molecular flexibility index (Phi) is 2.26. The Morgan fingerprint density at radius 2 is 2.31 bits per heavy atom. The molecule has 0 aromatic heterocycles. The molecule has 0 saturated carbocycles. The molecule has 1 N–H and O–H groups in total. The molecule has 13 heavy (non-hydrogen) atoms. The van der Waals surface area contributed by atoms with Gasteiger partial charge in [0.2, 0.25) is 0 Å². The summed E-state index contributed by atoms with van der Waals surface area (Å²) in [5, 5.41) is 3.61. The van der Waals surface area contributed by atoms with Crippen molar-refractivity contribution in [3.63, 3.8) is 0 Å². The van der Waals surface area contributed by atoms with E-state index in [1.54, 1.807) is 24.3 Å². The number of alkyl halides is 1. The van der Waals surface area contributed by atoms with E-state index in [0.29, 0.717) is 23.6 Å². The first-order valence-corrected chi connectivity index (χ1v) is 4.74. The summed E-state index contributed by atoms with van der Waals surface area (Å²) >= 11 is 5.80. The monoisotopic (exact) mass is 199 g/mol. The summed E-state index contributed by atoms with van der Waals surface area (Å²) < 4.78 is 14.1. The summed E-state index contributed by atoms with van der Waals surface area (Å²) in [6.45, 7) is 1.14. The molecule has 1 saturated heterocycles. The number of hydrogen-bond acceptors (Lipinski definition) is 1. The second-order valence-electron chi connectivity index (χ2n) is 3.40. The molecule has 1 aromatic carbocycles. The Hall–Kier alpha value is -0.600. The molecule has 1 heterocycles. The van der Waals surface area contributed by atoms with Crippen LogP contribution in [0.15, 0.2) is 24.3 Å². The van der Waals surface area contributed by atoms with Crippen molar-refractivity contribution in [3.05, 3.63) is 34.9 Å². The second-order valence-corrected chi connectivity index (χ2v) is 3.84. The highest BCUT2D eigenvalue weighted by atomic mass is 35.5. The van der Waals surface area contributed by atoms with Crippen LogP contribution in [0.25, 0.3) is 0 Å². The molecule has 0 spiro atoms. The molecule has 1 aromatic rings. The minimum absolute atomic E-state index is 0.396. The molecule has 1 aliphatic heterocycles. The SMILES string of the molecule is FC1(c2cccc(Cl)c2)CCNC1. The van der Waals surface area contributed by atoms with Crippen molar-refractivity contribution < 1.29 is 4.39 Å². The second kappa shape index (κ2) is 3.28. The van der Waals surface area contributed by atoms with Crippen molar-refractivity contribution >= 4 is 11.6 Å². The quantitative estimate of drug-likeness (QED) is 0.733. The maximum atomic E-state index is 14.1. The Morgan fingerprint density at radius 1 is 1.46 bits per heavy atom. The molecular weight excluding hydrogens is 189 g/mol. The van der Waals surface area contributed by atoms with E-state index in [0.717, 1.165) is 6.54 Å². The van der Waals surface area contributed by atoms with Crippen LogP contribution in [0.1, 0.15) is 12.0 Å². The normalized spacial score (nSPS) is 27.8. The molecule has 1 aliphatic rings. The van der Waals surface area contributed by atoms with E-state index in [2.05, 4.69) is 5.32 Å². The average molecular weight is 200 g/mol. The van der Waals surface area contributed by atoms with Crippen LogP contribution in [-0.4, -0.2) is 13.1 Å². The van der Waals surface area contributed by atoms with Crippen LogP contribution >= 0.6 is 11.6 Å². The number of halogens is 2. The molecule has 1 unspecified atom stereocenters. The third-order valence-electron chi connectivity index (χ3n) is 2.45. The van der Waals surface area contributed by atoms with Gasteiger partial charge >= 0.3 is 0 Å². The lowest BCUT2D eigenvalue weighted by molar-refractivity contribution is 0.193. The fourth-order valence-corrected chi connectivity index (χ4v) is 1.87. The van der Waals surface area contributed by atoms with Gasteiger partial charge in [-0.1, -0.05) is 23.7 Å². The third-order valence-corrected chi connectivity index (χ3v) is 2.68. The van der Waals surface area contributed by atoms with Gasteiger partial charge < -0.3 is 5.32 Å². The number of hydrogen-bond donors (Lipinski definition) is 1. The van der Waals surface area contributed by atoms with Crippen molar-refractivity contribution in [2.24, 2.45) is 0 Å². The number of nitrogens with one attached hydrogen (secondary N) is 1. The summed E-state index contributed by atoms with van der Waals surface area (Å²) in [5.74, 6) is 0. The van der Waals surface area contributed by atoms with Crippen molar-refractivity contribution in [1.82, 2.24) is 5.32 Å². The minimum Gasteiger partial charge on any atom is -0.313 e. The van der Waals surface area contributed by atoms with E-state index in [1.165, 1.54) is 0 Å². The Morgan fingerprint density at radius 3 is 2.92 bits per heavy atom. The Labute approximate surface area is 81.9 Å².